The Labute approximate surface area is 126 Å². The van der Waals surface area contributed by atoms with Crippen LogP contribution in [-0.2, 0) is 10.0 Å². The summed E-state index contributed by atoms with van der Waals surface area (Å²) in [5.41, 5.74) is 6.17. The van der Waals surface area contributed by atoms with Crippen LogP contribution >= 0.6 is 11.3 Å². The van der Waals surface area contributed by atoms with Gasteiger partial charge in [-0.1, -0.05) is 0 Å². The predicted octanol–water partition coefficient (Wildman–Crippen LogP) is 2.07. The molecule has 0 spiro atoms. The SMILES string of the molecule is CC(NS(=O)(=O)c1ccc(N)cc1C(=O)O)c1ccsc1. The normalized spacial score (nSPS) is 13.0. The van der Waals surface area contributed by atoms with E-state index in [1.165, 1.54) is 23.5 Å². The smallest absolute Gasteiger partial charge is 0.337 e. The Bertz CT molecular complexity index is 754. The van der Waals surface area contributed by atoms with E-state index in [2.05, 4.69) is 4.72 Å². The van der Waals surface area contributed by atoms with Crippen LogP contribution < -0.4 is 10.5 Å². The lowest BCUT2D eigenvalue weighted by molar-refractivity contribution is 0.0692. The van der Waals surface area contributed by atoms with Crippen LogP contribution in [0.4, 0.5) is 5.69 Å². The number of carbonyl (C=O) groups is 1. The van der Waals surface area contributed by atoms with Crippen molar-refractivity contribution in [1.29, 1.82) is 0 Å². The van der Waals surface area contributed by atoms with Crippen molar-refractivity contribution in [2.75, 3.05) is 5.73 Å². The Morgan fingerprint density at radius 2 is 2.10 bits per heavy atom. The number of sulfonamides is 1. The first-order chi connectivity index (χ1) is 9.81. The van der Waals surface area contributed by atoms with Crippen LogP contribution in [0.2, 0.25) is 0 Å². The lowest BCUT2D eigenvalue weighted by Crippen LogP contribution is -2.28. The van der Waals surface area contributed by atoms with Gasteiger partial charge in [0, 0.05) is 11.7 Å². The number of anilines is 1. The fourth-order valence-corrected chi connectivity index (χ4v) is 4.00. The maximum Gasteiger partial charge on any atom is 0.337 e. The Kier molecular flexibility index (Phi) is 4.31. The highest BCUT2D eigenvalue weighted by Crippen LogP contribution is 2.22. The van der Waals surface area contributed by atoms with Crippen LogP contribution in [-0.4, -0.2) is 19.5 Å². The van der Waals surface area contributed by atoms with Crippen LogP contribution in [0.5, 0.6) is 0 Å². The minimum absolute atomic E-state index is 0.192. The van der Waals surface area contributed by atoms with Gasteiger partial charge in [0.1, 0.15) is 0 Å². The van der Waals surface area contributed by atoms with Crippen molar-refractivity contribution < 1.29 is 18.3 Å². The quantitative estimate of drug-likeness (QED) is 0.729. The summed E-state index contributed by atoms with van der Waals surface area (Å²) in [6, 6.07) is 5.03. The third-order valence-electron chi connectivity index (χ3n) is 2.90. The molecule has 0 aliphatic heterocycles. The highest BCUT2D eigenvalue weighted by Gasteiger charge is 2.24. The van der Waals surface area contributed by atoms with Crippen molar-refractivity contribution in [3.63, 3.8) is 0 Å². The van der Waals surface area contributed by atoms with E-state index in [0.717, 1.165) is 11.6 Å². The van der Waals surface area contributed by atoms with E-state index in [1.807, 2.05) is 10.8 Å². The van der Waals surface area contributed by atoms with Gasteiger partial charge in [-0.2, -0.15) is 11.3 Å². The van der Waals surface area contributed by atoms with Crippen LogP contribution in [0.15, 0.2) is 39.9 Å². The predicted molar refractivity (Wildman–Crippen MR) is 80.9 cm³/mol. The summed E-state index contributed by atoms with van der Waals surface area (Å²) in [7, 11) is -3.96. The molecular formula is C13H14N2O4S2. The third kappa shape index (κ3) is 3.41. The molecule has 0 bridgehead atoms. The highest BCUT2D eigenvalue weighted by molar-refractivity contribution is 7.89. The number of thiophene rings is 1. The van der Waals surface area contributed by atoms with Gasteiger partial charge in [-0.05, 0) is 47.5 Å². The summed E-state index contributed by atoms with van der Waals surface area (Å²) < 4.78 is 27.2. The van der Waals surface area contributed by atoms with Gasteiger partial charge < -0.3 is 10.8 Å². The minimum atomic E-state index is -3.96. The molecular weight excluding hydrogens is 312 g/mol. The fraction of sp³-hybridized carbons (Fsp3) is 0.154. The zero-order valence-electron chi connectivity index (χ0n) is 11.1. The fourth-order valence-electron chi connectivity index (χ4n) is 1.83. The molecule has 0 aliphatic rings. The van der Waals surface area contributed by atoms with E-state index in [-0.39, 0.29) is 16.1 Å². The number of carboxylic acid groups (broad SMARTS) is 1. The molecule has 2 aromatic rings. The van der Waals surface area contributed by atoms with E-state index < -0.39 is 22.0 Å². The maximum absolute atomic E-state index is 12.4. The number of rotatable bonds is 5. The summed E-state index contributed by atoms with van der Waals surface area (Å²) in [4.78, 5) is 10.9. The number of aromatic carboxylic acids is 1. The van der Waals surface area contributed by atoms with Crippen LogP contribution in [0.25, 0.3) is 0 Å². The summed E-state index contributed by atoms with van der Waals surface area (Å²) in [6.07, 6.45) is 0. The van der Waals surface area contributed by atoms with E-state index >= 15 is 0 Å². The molecule has 0 amide bonds. The Morgan fingerprint density at radius 1 is 1.38 bits per heavy atom. The number of nitrogens with two attached hydrogens (primary N) is 1. The first-order valence-electron chi connectivity index (χ1n) is 5.98. The third-order valence-corrected chi connectivity index (χ3v) is 5.20. The lowest BCUT2D eigenvalue weighted by atomic mass is 10.2. The molecule has 0 saturated heterocycles. The summed E-state index contributed by atoms with van der Waals surface area (Å²) in [5, 5.41) is 12.8. The maximum atomic E-state index is 12.4. The van der Waals surface area contributed by atoms with Gasteiger partial charge in [0.2, 0.25) is 10.0 Å². The second-order valence-electron chi connectivity index (χ2n) is 4.46. The molecule has 0 aliphatic carbocycles. The van der Waals surface area contributed by atoms with Gasteiger partial charge in [0.15, 0.2) is 0 Å². The molecule has 1 atom stereocenters. The van der Waals surface area contributed by atoms with E-state index in [0.29, 0.717) is 0 Å². The molecule has 8 heteroatoms. The largest absolute Gasteiger partial charge is 0.478 e. The van der Waals surface area contributed by atoms with Gasteiger partial charge in [0.25, 0.3) is 0 Å². The van der Waals surface area contributed by atoms with Gasteiger partial charge in [0.05, 0.1) is 10.5 Å². The number of benzene rings is 1. The molecule has 1 heterocycles. The highest BCUT2D eigenvalue weighted by atomic mass is 32.2. The van der Waals surface area contributed by atoms with Crippen LogP contribution in [0, 0.1) is 0 Å². The number of hydrogen-bond acceptors (Lipinski definition) is 5. The summed E-state index contributed by atoms with van der Waals surface area (Å²) in [6.45, 7) is 1.69. The molecule has 21 heavy (non-hydrogen) atoms. The van der Waals surface area contributed by atoms with Crippen molar-refractivity contribution in [1.82, 2.24) is 4.72 Å². The Morgan fingerprint density at radius 3 is 2.67 bits per heavy atom. The number of hydrogen-bond donors (Lipinski definition) is 3. The Balaban J connectivity index is 2.38. The lowest BCUT2D eigenvalue weighted by Gasteiger charge is -2.14. The zero-order chi connectivity index (χ0) is 15.6. The molecule has 112 valence electrons. The monoisotopic (exact) mass is 326 g/mol. The van der Waals surface area contributed by atoms with Crippen LogP contribution in [0.1, 0.15) is 28.9 Å². The minimum Gasteiger partial charge on any atom is -0.478 e. The number of nitrogens with one attached hydrogen (secondary N) is 1. The summed E-state index contributed by atoms with van der Waals surface area (Å²) >= 11 is 1.45. The first kappa shape index (κ1) is 15.5. The van der Waals surface area contributed by atoms with Crippen molar-refractivity contribution in [3.8, 4) is 0 Å². The van der Waals surface area contributed by atoms with Crippen molar-refractivity contribution in [2.45, 2.75) is 17.9 Å². The van der Waals surface area contributed by atoms with E-state index in [1.54, 1.807) is 13.0 Å². The average Bonchev–Trinajstić information content (AvgIpc) is 2.91. The second-order valence-corrected chi connectivity index (χ2v) is 6.92. The Hall–Kier alpha value is -1.90. The molecule has 6 nitrogen and oxygen atoms in total. The molecule has 0 fully saturated rings. The van der Waals surface area contributed by atoms with Gasteiger partial charge in [-0.3, -0.25) is 0 Å². The number of nitrogen functional groups attached to an aromatic ring is 1. The molecule has 0 radical (unpaired) electrons. The van der Waals surface area contributed by atoms with Crippen molar-refractivity contribution >= 4 is 33.0 Å². The average molecular weight is 326 g/mol. The van der Waals surface area contributed by atoms with Gasteiger partial charge >= 0.3 is 5.97 Å². The molecule has 1 unspecified atom stereocenters. The van der Waals surface area contributed by atoms with Crippen molar-refractivity contribution in [2.24, 2.45) is 0 Å². The number of carboxylic acids is 1. The molecule has 0 saturated carbocycles. The van der Waals surface area contributed by atoms with Crippen LogP contribution in [0.3, 0.4) is 0 Å². The van der Waals surface area contributed by atoms with E-state index in [9.17, 15) is 13.2 Å². The molecule has 1 aromatic heterocycles. The summed E-state index contributed by atoms with van der Waals surface area (Å²) in [5.74, 6) is -1.34. The topological polar surface area (TPSA) is 109 Å². The van der Waals surface area contributed by atoms with Crippen molar-refractivity contribution in [3.05, 3.63) is 46.2 Å². The zero-order valence-corrected chi connectivity index (χ0v) is 12.7. The van der Waals surface area contributed by atoms with E-state index in [4.69, 9.17) is 10.8 Å². The first-order valence-corrected chi connectivity index (χ1v) is 8.41. The van der Waals surface area contributed by atoms with Gasteiger partial charge in [-0.25, -0.2) is 17.9 Å². The molecule has 4 N–H and O–H groups in total. The second kappa shape index (κ2) is 5.84. The molecule has 1 aromatic carbocycles. The standard InChI is InChI=1S/C13H14N2O4S2/c1-8(9-4-5-20-7-9)15-21(18,19)12-3-2-10(14)6-11(12)13(16)17/h2-8,15H,14H2,1H3,(H,16,17). The van der Waals surface area contributed by atoms with Gasteiger partial charge in [-0.15, -0.1) is 0 Å². The molecule has 2 rings (SSSR count).